The van der Waals surface area contributed by atoms with Crippen LogP contribution in [-0.2, 0) is 26.6 Å². The lowest BCUT2D eigenvalue weighted by atomic mass is 10.1. The molecular formula is C21H20Cl2N4O3S. The van der Waals surface area contributed by atoms with E-state index in [1.807, 2.05) is 30.3 Å². The van der Waals surface area contributed by atoms with Gasteiger partial charge in [0.15, 0.2) is 0 Å². The van der Waals surface area contributed by atoms with Crippen molar-refractivity contribution in [1.82, 2.24) is 14.8 Å². The number of halogens is 2. The molecule has 0 aliphatic carbocycles. The van der Waals surface area contributed by atoms with Crippen molar-refractivity contribution in [2.45, 2.75) is 30.3 Å². The first kappa shape index (κ1) is 22.1. The van der Waals surface area contributed by atoms with Crippen molar-refractivity contribution in [1.29, 1.82) is 0 Å². The molecule has 3 aromatic rings. The number of thioether (sulfide) groups is 1. The first-order valence-electron chi connectivity index (χ1n) is 9.54. The minimum Gasteiger partial charge on any atom is -0.342 e. The lowest BCUT2D eigenvalue weighted by Crippen LogP contribution is -2.34. The largest absolute Gasteiger partial charge is 0.342 e. The highest BCUT2D eigenvalue weighted by Crippen LogP contribution is 2.41. The van der Waals surface area contributed by atoms with E-state index in [-0.39, 0.29) is 12.0 Å². The Labute approximate surface area is 194 Å². The number of carbonyl (C=O) groups excluding carboxylic acids is 1. The number of anilines is 1. The maximum atomic E-state index is 11.2. The molecule has 4 rings (SSSR count). The molecule has 1 amide bonds. The molecule has 2 atom stereocenters. The van der Waals surface area contributed by atoms with Gasteiger partial charge >= 0.3 is 0 Å². The SMILES string of the molecule is CC(=O)Nc1ccc(SC[C@@H]2CO[C@@](Cn3cncn3)(c3ccc(Cl)cc3Cl)O2)cc1. The minimum absolute atomic E-state index is 0.0958. The van der Waals surface area contributed by atoms with Crippen LogP contribution < -0.4 is 5.32 Å². The smallest absolute Gasteiger partial charge is 0.221 e. The standard InChI is InChI=1S/C21H20Cl2N4O3S/c1-14(28)26-16-3-5-18(6-4-16)31-10-17-9-29-21(30-17,11-27-13-24-12-25-27)19-7-2-15(22)8-20(19)23/h2-8,12-13,17H,9-11H2,1H3,(H,26,28)/t17-,21+/m0/s1. The number of amides is 1. The van der Waals surface area contributed by atoms with Gasteiger partial charge in [-0.1, -0.05) is 29.3 Å². The molecule has 2 aromatic carbocycles. The van der Waals surface area contributed by atoms with Crippen LogP contribution in [0.25, 0.3) is 0 Å². The molecule has 0 spiro atoms. The summed E-state index contributed by atoms with van der Waals surface area (Å²) in [6.45, 7) is 2.20. The van der Waals surface area contributed by atoms with Crippen LogP contribution in [0.2, 0.25) is 10.0 Å². The normalized spacial score (nSPS) is 20.7. The van der Waals surface area contributed by atoms with Crippen LogP contribution >= 0.6 is 35.0 Å². The van der Waals surface area contributed by atoms with Crippen molar-refractivity contribution in [3.63, 3.8) is 0 Å². The van der Waals surface area contributed by atoms with Crippen molar-refractivity contribution in [3.05, 3.63) is 70.7 Å². The molecule has 1 fully saturated rings. The number of nitrogens with zero attached hydrogens (tertiary/aromatic N) is 3. The van der Waals surface area contributed by atoms with Gasteiger partial charge in [0.1, 0.15) is 19.2 Å². The molecular weight excluding hydrogens is 459 g/mol. The number of carbonyl (C=O) groups is 1. The maximum absolute atomic E-state index is 11.2. The molecule has 7 nitrogen and oxygen atoms in total. The molecule has 1 aromatic heterocycles. The Kier molecular flexibility index (Phi) is 6.83. The van der Waals surface area contributed by atoms with Gasteiger partial charge in [0.05, 0.1) is 17.7 Å². The predicted molar refractivity (Wildman–Crippen MR) is 120 cm³/mol. The van der Waals surface area contributed by atoms with Gasteiger partial charge in [-0.2, -0.15) is 5.10 Å². The summed E-state index contributed by atoms with van der Waals surface area (Å²) in [7, 11) is 0. The van der Waals surface area contributed by atoms with E-state index in [2.05, 4.69) is 15.4 Å². The van der Waals surface area contributed by atoms with Crippen LogP contribution in [0.3, 0.4) is 0 Å². The number of rotatable bonds is 7. The van der Waals surface area contributed by atoms with Crippen LogP contribution in [0.4, 0.5) is 5.69 Å². The highest BCUT2D eigenvalue weighted by molar-refractivity contribution is 7.99. The van der Waals surface area contributed by atoms with Crippen LogP contribution in [0.15, 0.2) is 60.0 Å². The highest BCUT2D eigenvalue weighted by atomic mass is 35.5. The molecule has 31 heavy (non-hydrogen) atoms. The summed E-state index contributed by atoms with van der Waals surface area (Å²) in [4.78, 5) is 16.2. The summed E-state index contributed by atoms with van der Waals surface area (Å²) >= 11 is 14.2. The first-order chi connectivity index (χ1) is 14.9. The minimum atomic E-state index is -1.09. The molecule has 1 aliphatic rings. The van der Waals surface area contributed by atoms with E-state index in [4.69, 9.17) is 32.7 Å². The van der Waals surface area contributed by atoms with E-state index < -0.39 is 5.79 Å². The quantitative estimate of drug-likeness (QED) is 0.499. The van der Waals surface area contributed by atoms with Gasteiger partial charge in [-0.15, -0.1) is 11.8 Å². The van der Waals surface area contributed by atoms with Crippen molar-refractivity contribution in [2.24, 2.45) is 0 Å². The summed E-state index contributed by atoms with van der Waals surface area (Å²) in [6.07, 6.45) is 2.91. The summed E-state index contributed by atoms with van der Waals surface area (Å²) in [5, 5.41) is 7.95. The zero-order chi connectivity index (χ0) is 21.8. The molecule has 2 heterocycles. The van der Waals surface area contributed by atoms with Gasteiger partial charge in [-0.3, -0.25) is 4.79 Å². The third kappa shape index (κ3) is 5.39. The first-order valence-corrected chi connectivity index (χ1v) is 11.3. The monoisotopic (exact) mass is 478 g/mol. The lowest BCUT2D eigenvalue weighted by molar-refractivity contribution is -0.186. The third-order valence-electron chi connectivity index (χ3n) is 4.65. The Morgan fingerprint density at radius 3 is 2.77 bits per heavy atom. The number of ether oxygens (including phenoxy) is 2. The van der Waals surface area contributed by atoms with Gasteiger partial charge in [-0.05, 0) is 36.4 Å². The Morgan fingerprint density at radius 2 is 2.10 bits per heavy atom. The topological polar surface area (TPSA) is 78.3 Å². The molecule has 162 valence electrons. The van der Waals surface area contributed by atoms with E-state index >= 15 is 0 Å². The van der Waals surface area contributed by atoms with Crippen molar-refractivity contribution >= 4 is 46.6 Å². The van der Waals surface area contributed by atoms with Gasteiger partial charge in [0.2, 0.25) is 11.7 Å². The summed E-state index contributed by atoms with van der Waals surface area (Å²) in [6, 6.07) is 12.9. The molecule has 10 heteroatoms. The fraction of sp³-hybridized carbons (Fsp3) is 0.286. The number of nitrogens with one attached hydrogen (secondary N) is 1. The fourth-order valence-electron chi connectivity index (χ4n) is 3.31. The molecule has 0 saturated carbocycles. The van der Waals surface area contributed by atoms with Crippen LogP contribution in [-0.4, -0.2) is 39.1 Å². The van der Waals surface area contributed by atoms with Crippen molar-refractivity contribution in [3.8, 4) is 0 Å². The number of hydrogen-bond donors (Lipinski definition) is 1. The molecule has 0 unspecified atom stereocenters. The van der Waals surface area contributed by atoms with Crippen molar-refractivity contribution in [2.75, 3.05) is 17.7 Å². The Hall–Kier alpha value is -2.10. The average molecular weight is 479 g/mol. The van der Waals surface area contributed by atoms with Gasteiger partial charge in [0, 0.05) is 33.8 Å². The molecule has 1 N–H and O–H groups in total. The Balaban J connectivity index is 1.47. The maximum Gasteiger partial charge on any atom is 0.221 e. The van der Waals surface area contributed by atoms with Crippen LogP contribution in [0.1, 0.15) is 12.5 Å². The van der Waals surface area contributed by atoms with Gasteiger partial charge < -0.3 is 14.8 Å². The van der Waals surface area contributed by atoms with E-state index in [9.17, 15) is 4.79 Å². The molecule has 0 radical (unpaired) electrons. The zero-order valence-corrected chi connectivity index (χ0v) is 19.0. The number of aromatic nitrogens is 3. The van der Waals surface area contributed by atoms with E-state index in [0.717, 1.165) is 10.6 Å². The third-order valence-corrected chi connectivity index (χ3v) is 6.34. The average Bonchev–Trinajstić information content (AvgIpc) is 3.38. The fourth-order valence-corrected chi connectivity index (χ4v) is 4.73. The molecule has 1 aliphatic heterocycles. The van der Waals surface area contributed by atoms with E-state index in [0.29, 0.717) is 34.5 Å². The van der Waals surface area contributed by atoms with Crippen LogP contribution in [0, 0.1) is 0 Å². The van der Waals surface area contributed by atoms with E-state index in [1.165, 1.54) is 13.3 Å². The second-order valence-electron chi connectivity index (χ2n) is 7.04. The highest BCUT2D eigenvalue weighted by Gasteiger charge is 2.45. The summed E-state index contributed by atoms with van der Waals surface area (Å²) < 4.78 is 14.3. The number of benzene rings is 2. The zero-order valence-electron chi connectivity index (χ0n) is 16.6. The second-order valence-corrected chi connectivity index (χ2v) is 8.97. The number of hydrogen-bond acceptors (Lipinski definition) is 6. The second kappa shape index (κ2) is 9.58. The predicted octanol–water partition coefficient (Wildman–Crippen LogP) is 4.60. The Morgan fingerprint density at radius 1 is 1.29 bits per heavy atom. The summed E-state index contributed by atoms with van der Waals surface area (Å²) in [5.74, 6) is -0.499. The lowest BCUT2D eigenvalue weighted by Gasteiger charge is -2.29. The van der Waals surface area contributed by atoms with Crippen LogP contribution in [0.5, 0.6) is 0 Å². The summed E-state index contributed by atoms with van der Waals surface area (Å²) in [5.41, 5.74) is 1.46. The molecule has 1 saturated heterocycles. The van der Waals surface area contributed by atoms with Gasteiger partial charge in [0.25, 0.3) is 0 Å². The van der Waals surface area contributed by atoms with Gasteiger partial charge in [-0.25, -0.2) is 9.67 Å². The van der Waals surface area contributed by atoms with E-state index in [1.54, 1.807) is 34.9 Å². The molecule has 0 bridgehead atoms. The Bertz CT molecular complexity index is 1050. The van der Waals surface area contributed by atoms with Crippen molar-refractivity contribution < 1.29 is 14.3 Å².